The fraction of sp³-hybridized carbons (Fsp3) is 0.364. The number of nitrogens with zero attached hydrogens (tertiary/aromatic N) is 1. The molecule has 6 nitrogen and oxygen atoms in total. The molecule has 2 N–H and O–H groups in total. The summed E-state index contributed by atoms with van der Waals surface area (Å²) in [5, 5.41) is 5.64. The fourth-order valence-electron chi connectivity index (χ4n) is 3.32. The number of carbonyl (C=O) groups is 2. The second kappa shape index (κ2) is 10.0. The Morgan fingerprint density at radius 2 is 1.86 bits per heavy atom. The van der Waals surface area contributed by atoms with Crippen LogP contribution in [0.1, 0.15) is 24.5 Å². The van der Waals surface area contributed by atoms with E-state index < -0.39 is 6.04 Å². The van der Waals surface area contributed by atoms with Crippen molar-refractivity contribution in [2.75, 3.05) is 19.7 Å². The highest BCUT2D eigenvalue weighted by Gasteiger charge is 2.31. The first kappa shape index (κ1) is 20.8. The number of halogens is 1. The van der Waals surface area contributed by atoms with E-state index in [1.54, 1.807) is 12.1 Å². The maximum absolute atomic E-state index is 13.0. The van der Waals surface area contributed by atoms with Crippen molar-refractivity contribution < 1.29 is 18.7 Å². The molecular formula is C22H26FN3O3. The zero-order valence-corrected chi connectivity index (χ0v) is 16.5. The van der Waals surface area contributed by atoms with E-state index in [9.17, 15) is 14.0 Å². The van der Waals surface area contributed by atoms with Gasteiger partial charge in [-0.15, -0.1) is 0 Å². The SMILES string of the molecule is CCOc1ccc(CN2CCNC(=O)[C@@H]2CC(=O)NCc2ccc(F)cc2)cc1. The van der Waals surface area contributed by atoms with E-state index in [4.69, 9.17) is 4.74 Å². The lowest BCUT2D eigenvalue weighted by Gasteiger charge is -2.34. The topological polar surface area (TPSA) is 70.7 Å². The van der Waals surface area contributed by atoms with E-state index in [1.807, 2.05) is 36.1 Å². The summed E-state index contributed by atoms with van der Waals surface area (Å²) in [6.07, 6.45) is 0.0735. The summed E-state index contributed by atoms with van der Waals surface area (Å²) in [6, 6.07) is 13.2. The molecule has 0 aromatic heterocycles. The van der Waals surface area contributed by atoms with Gasteiger partial charge in [-0.1, -0.05) is 24.3 Å². The Kier molecular flexibility index (Phi) is 7.19. The quantitative estimate of drug-likeness (QED) is 0.714. The normalized spacial score (nSPS) is 16.9. The van der Waals surface area contributed by atoms with Gasteiger partial charge >= 0.3 is 0 Å². The van der Waals surface area contributed by atoms with Crippen molar-refractivity contribution in [3.05, 3.63) is 65.5 Å². The molecule has 0 unspecified atom stereocenters. The molecule has 154 valence electrons. The number of amides is 2. The van der Waals surface area contributed by atoms with Gasteiger partial charge in [-0.2, -0.15) is 0 Å². The molecule has 1 aliphatic heterocycles. The molecule has 1 heterocycles. The van der Waals surface area contributed by atoms with Crippen LogP contribution >= 0.6 is 0 Å². The highest BCUT2D eigenvalue weighted by molar-refractivity contribution is 5.88. The highest BCUT2D eigenvalue weighted by atomic mass is 19.1. The van der Waals surface area contributed by atoms with Crippen LogP contribution in [0.4, 0.5) is 4.39 Å². The molecule has 1 saturated heterocycles. The number of rotatable bonds is 8. The van der Waals surface area contributed by atoms with Crippen molar-refractivity contribution in [1.82, 2.24) is 15.5 Å². The molecule has 1 aliphatic rings. The first-order chi connectivity index (χ1) is 14.0. The van der Waals surface area contributed by atoms with Crippen molar-refractivity contribution in [3.63, 3.8) is 0 Å². The van der Waals surface area contributed by atoms with Crippen LogP contribution in [0.25, 0.3) is 0 Å². The molecule has 0 spiro atoms. The van der Waals surface area contributed by atoms with Crippen LogP contribution in [0.5, 0.6) is 5.75 Å². The number of hydrogen-bond donors (Lipinski definition) is 2. The molecule has 0 aliphatic carbocycles. The third-order valence-corrected chi connectivity index (χ3v) is 4.84. The Bertz CT molecular complexity index is 824. The molecule has 0 radical (unpaired) electrons. The number of nitrogens with one attached hydrogen (secondary N) is 2. The van der Waals surface area contributed by atoms with Crippen molar-refractivity contribution in [3.8, 4) is 5.75 Å². The molecule has 2 aromatic carbocycles. The van der Waals surface area contributed by atoms with Gasteiger partial charge in [0.2, 0.25) is 11.8 Å². The van der Waals surface area contributed by atoms with Crippen LogP contribution in [-0.2, 0) is 22.7 Å². The molecule has 2 aromatic rings. The number of benzene rings is 2. The van der Waals surface area contributed by atoms with E-state index in [0.29, 0.717) is 32.8 Å². The third-order valence-electron chi connectivity index (χ3n) is 4.84. The molecule has 3 rings (SSSR count). The predicted molar refractivity (Wildman–Crippen MR) is 108 cm³/mol. The minimum atomic E-state index is -0.525. The van der Waals surface area contributed by atoms with Gasteiger partial charge in [-0.05, 0) is 42.3 Å². The van der Waals surface area contributed by atoms with Gasteiger partial charge in [0.25, 0.3) is 0 Å². The molecule has 0 saturated carbocycles. The van der Waals surface area contributed by atoms with E-state index in [2.05, 4.69) is 10.6 Å². The van der Waals surface area contributed by atoms with Crippen LogP contribution in [-0.4, -0.2) is 42.5 Å². The maximum Gasteiger partial charge on any atom is 0.237 e. The van der Waals surface area contributed by atoms with Crippen molar-refractivity contribution >= 4 is 11.8 Å². The number of ether oxygens (including phenoxy) is 1. The summed E-state index contributed by atoms with van der Waals surface area (Å²) in [5.74, 6) is 0.139. The Labute approximate surface area is 170 Å². The van der Waals surface area contributed by atoms with E-state index in [0.717, 1.165) is 16.9 Å². The van der Waals surface area contributed by atoms with Crippen LogP contribution in [0.15, 0.2) is 48.5 Å². The third kappa shape index (κ3) is 6.02. The minimum Gasteiger partial charge on any atom is -0.494 e. The van der Waals surface area contributed by atoms with Gasteiger partial charge in [0.05, 0.1) is 19.1 Å². The number of carbonyl (C=O) groups excluding carboxylic acids is 2. The Morgan fingerprint density at radius 1 is 1.17 bits per heavy atom. The average molecular weight is 399 g/mol. The molecule has 1 atom stereocenters. The Hall–Kier alpha value is -2.93. The zero-order chi connectivity index (χ0) is 20.6. The van der Waals surface area contributed by atoms with Gasteiger partial charge in [0, 0.05) is 26.2 Å². The zero-order valence-electron chi connectivity index (χ0n) is 16.5. The standard InChI is InChI=1S/C22H26FN3O3/c1-2-29-19-9-5-17(6-10-19)15-26-12-11-24-22(28)20(26)13-21(27)25-14-16-3-7-18(23)8-4-16/h3-10,20H,2,11-15H2,1H3,(H,24,28)(H,25,27)/t20-/m0/s1. The predicted octanol–water partition coefficient (Wildman–Crippen LogP) is 2.23. The van der Waals surface area contributed by atoms with E-state index >= 15 is 0 Å². The molecule has 1 fully saturated rings. The first-order valence-corrected chi connectivity index (χ1v) is 9.80. The Morgan fingerprint density at radius 3 is 2.55 bits per heavy atom. The smallest absolute Gasteiger partial charge is 0.237 e. The summed E-state index contributed by atoms with van der Waals surface area (Å²) in [7, 11) is 0. The van der Waals surface area contributed by atoms with Gasteiger partial charge in [0.1, 0.15) is 11.6 Å². The monoisotopic (exact) mass is 399 g/mol. The van der Waals surface area contributed by atoms with Crippen LogP contribution in [0, 0.1) is 5.82 Å². The first-order valence-electron chi connectivity index (χ1n) is 9.80. The maximum atomic E-state index is 13.0. The van der Waals surface area contributed by atoms with Gasteiger partial charge < -0.3 is 15.4 Å². The van der Waals surface area contributed by atoms with Gasteiger partial charge in [0.15, 0.2) is 0 Å². The summed E-state index contributed by atoms with van der Waals surface area (Å²) in [4.78, 5) is 26.8. The van der Waals surface area contributed by atoms with Crippen molar-refractivity contribution in [1.29, 1.82) is 0 Å². The summed E-state index contributed by atoms with van der Waals surface area (Å²) >= 11 is 0. The number of hydrogen-bond acceptors (Lipinski definition) is 4. The number of piperazine rings is 1. The molecule has 0 bridgehead atoms. The molecule has 2 amide bonds. The fourth-order valence-corrected chi connectivity index (χ4v) is 3.32. The largest absolute Gasteiger partial charge is 0.494 e. The molecular weight excluding hydrogens is 373 g/mol. The lowest BCUT2D eigenvalue weighted by molar-refractivity contribution is -0.134. The summed E-state index contributed by atoms with van der Waals surface area (Å²) in [6.45, 7) is 4.66. The van der Waals surface area contributed by atoms with Gasteiger partial charge in [-0.3, -0.25) is 14.5 Å². The molecule has 7 heteroatoms. The average Bonchev–Trinajstić information content (AvgIpc) is 2.72. The Balaban J connectivity index is 1.57. The second-order valence-electron chi connectivity index (χ2n) is 6.96. The minimum absolute atomic E-state index is 0.0735. The summed E-state index contributed by atoms with van der Waals surface area (Å²) in [5.41, 5.74) is 1.86. The van der Waals surface area contributed by atoms with Crippen LogP contribution in [0.3, 0.4) is 0 Å². The van der Waals surface area contributed by atoms with E-state index in [-0.39, 0.29) is 24.1 Å². The highest BCUT2D eigenvalue weighted by Crippen LogP contribution is 2.17. The van der Waals surface area contributed by atoms with Crippen LogP contribution in [0.2, 0.25) is 0 Å². The van der Waals surface area contributed by atoms with Crippen molar-refractivity contribution in [2.24, 2.45) is 0 Å². The van der Waals surface area contributed by atoms with Crippen LogP contribution < -0.4 is 15.4 Å². The second-order valence-corrected chi connectivity index (χ2v) is 6.96. The van der Waals surface area contributed by atoms with Crippen molar-refractivity contribution in [2.45, 2.75) is 32.5 Å². The van der Waals surface area contributed by atoms with E-state index in [1.165, 1.54) is 12.1 Å². The molecule has 29 heavy (non-hydrogen) atoms. The summed E-state index contributed by atoms with van der Waals surface area (Å²) < 4.78 is 18.4. The lowest BCUT2D eigenvalue weighted by Crippen LogP contribution is -2.56. The van der Waals surface area contributed by atoms with Gasteiger partial charge in [-0.25, -0.2) is 4.39 Å². The lowest BCUT2D eigenvalue weighted by atomic mass is 10.1.